The maximum absolute atomic E-state index is 12.8. The van der Waals surface area contributed by atoms with Crippen molar-refractivity contribution in [3.8, 4) is 0 Å². The van der Waals surface area contributed by atoms with Crippen LogP contribution in [0.2, 0.25) is 0 Å². The highest BCUT2D eigenvalue weighted by Crippen LogP contribution is 2.33. The summed E-state index contributed by atoms with van der Waals surface area (Å²) in [5.41, 5.74) is 3.25. The number of carbonyl (C=O) groups excluding carboxylic acids is 1. The van der Waals surface area contributed by atoms with E-state index >= 15 is 0 Å². The summed E-state index contributed by atoms with van der Waals surface area (Å²) >= 11 is 0. The molecule has 0 saturated carbocycles. The molecule has 0 aromatic heterocycles. The second kappa shape index (κ2) is 6.93. The number of nitrogens with one attached hydrogen (secondary N) is 1. The van der Waals surface area contributed by atoms with Crippen LogP contribution in [-0.4, -0.2) is 22.4 Å². The lowest BCUT2D eigenvalue weighted by molar-refractivity contribution is -0.385. The molecule has 1 heterocycles. The summed E-state index contributed by atoms with van der Waals surface area (Å²) in [7, 11) is 0. The average molecular weight is 339 g/mol. The van der Waals surface area contributed by atoms with E-state index in [4.69, 9.17) is 0 Å². The molecule has 0 radical (unpaired) electrons. The molecule has 0 spiro atoms. The molecule has 2 aromatic rings. The van der Waals surface area contributed by atoms with Gasteiger partial charge < -0.3 is 10.2 Å². The molecule has 3 rings (SSSR count). The average Bonchev–Trinajstić information content (AvgIpc) is 3.06. The van der Waals surface area contributed by atoms with Crippen LogP contribution in [0.3, 0.4) is 0 Å². The number of rotatable bonds is 3. The summed E-state index contributed by atoms with van der Waals surface area (Å²) in [6.07, 6.45) is 1.87. The van der Waals surface area contributed by atoms with Gasteiger partial charge in [0.15, 0.2) is 0 Å². The zero-order valence-corrected chi connectivity index (χ0v) is 14.4. The molecule has 1 N–H and O–H groups in total. The molecule has 2 amide bonds. The van der Waals surface area contributed by atoms with Gasteiger partial charge in [0, 0.05) is 12.6 Å². The van der Waals surface area contributed by atoms with Crippen molar-refractivity contribution in [2.75, 3.05) is 11.9 Å². The Morgan fingerprint density at radius 2 is 2.00 bits per heavy atom. The first-order valence-corrected chi connectivity index (χ1v) is 8.35. The summed E-state index contributed by atoms with van der Waals surface area (Å²) < 4.78 is 0. The smallest absolute Gasteiger partial charge is 0.317 e. The molecule has 1 saturated heterocycles. The molecule has 25 heavy (non-hydrogen) atoms. The molecular weight excluding hydrogens is 318 g/mol. The first kappa shape index (κ1) is 17.0. The van der Waals surface area contributed by atoms with Crippen LogP contribution in [0.1, 0.15) is 35.6 Å². The van der Waals surface area contributed by atoms with E-state index in [9.17, 15) is 14.9 Å². The third-order valence-corrected chi connectivity index (χ3v) is 4.68. The minimum atomic E-state index is -0.434. The number of hydrogen-bond acceptors (Lipinski definition) is 3. The van der Waals surface area contributed by atoms with Crippen molar-refractivity contribution in [3.63, 3.8) is 0 Å². The van der Waals surface area contributed by atoms with E-state index in [-0.39, 0.29) is 17.8 Å². The van der Waals surface area contributed by atoms with Crippen molar-refractivity contribution >= 4 is 17.4 Å². The zero-order chi connectivity index (χ0) is 18.0. The largest absolute Gasteiger partial charge is 0.322 e. The number of urea groups is 1. The summed E-state index contributed by atoms with van der Waals surface area (Å²) in [5, 5.41) is 13.9. The molecule has 1 unspecified atom stereocenters. The summed E-state index contributed by atoms with van der Waals surface area (Å²) in [6.45, 7) is 4.36. The normalized spacial score (nSPS) is 16.7. The molecule has 1 atom stereocenters. The van der Waals surface area contributed by atoms with E-state index in [2.05, 4.69) is 11.4 Å². The van der Waals surface area contributed by atoms with Gasteiger partial charge in [-0.2, -0.15) is 0 Å². The lowest BCUT2D eigenvalue weighted by Gasteiger charge is -2.26. The van der Waals surface area contributed by atoms with Crippen LogP contribution in [0.5, 0.6) is 0 Å². The van der Waals surface area contributed by atoms with E-state index in [0.29, 0.717) is 17.8 Å². The molecule has 2 aromatic carbocycles. The predicted molar refractivity (Wildman–Crippen MR) is 96.7 cm³/mol. The van der Waals surface area contributed by atoms with Gasteiger partial charge in [0.2, 0.25) is 0 Å². The standard InChI is InChI=1S/C19H21N3O3/c1-13-6-3-7-15(12-13)18-10-5-11-21(18)19(23)20-16-8-4-9-17(14(16)2)22(24)25/h3-4,6-9,12,18H,5,10-11H2,1-2H3,(H,20,23). The van der Waals surface area contributed by atoms with Crippen LogP contribution in [0, 0.1) is 24.0 Å². The minimum absolute atomic E-state index is 0.00876. The summed E-state index contributed by atoms with van der Waals surface area (Å²) in [5.74, 6) is 0. The van der Waals surface area contributed by atoms with Gasteiger partial charge in [-0.3, -0.25) is 10.1 Å². The first-order valence-electron chi connectivity index (χ1n) is 8.35. The molecular formula is C19H21N3O3. The van der Waals surface area contributed by atoms with Gasteiger partial charge in [0.05, 0.1) is 22.2 Å². The number of carbonyl (C=O) groups is 1. The molecule has 6 heteroatoms. The van der Waals surface area contributed by atoms with Gasteiger partial charge in [-0.15, -0.1) is 0 Å². The zero-order valence-electron chi connectivity index (χ0n) is 14.4. The van der Waals surface area contributed by atoms with Gasteiger partial charge in [-0.05, 0) is 38.3 Å². The molecule has 1 aliphatic rings. The van der Waals surface area contributed by atoms with Crippen LogP contribution < -0.4 is 5.32 Å². The topological polar surface area (TPSA) is 75.5 Å². The predicted octanol–water partition coefficient (Wildman–Crippen LogP) is 4.58. The highest BCUT2D eigenvalue weighted by Gasteiger charge is 2.30. The van der Waals surface area contributed by atoms with Gasteiger partial charge in [0.25, 0.3) is 5.69 Å². The number of hydrogen-bond donors (Lipinski definition) is 1. The molecule has 6 nitrogen and oxygen atoms in total. The van der Waals surface area contributed by atoms with E-state index < -0.39 is 4.92 Å². The fraction of sp³-hybridized carbons (Fsp3) is 0.316. The van der Waals surface area contributed by atoms with E-state index in [1.165, 1.54) is 11.6 Å². The first-order chi connectivity index (χ1) is 12.0. The van der Waals surface area contributed by atoms with Crippen molar-refractivity contribution in [3.05, 3.63) is 69.3 Å². The fourth-order valence-corrected chi connectivity index (χ4v) is 3.38. The Morgan fingerprint density at radius 1 is 1.24 bits per heavy atom. The molecule has 130 valence electrons. The Balaban J connectivity index is 1.81. The minimum Gasteiger partial charge on any atom is -0.317 e. The number of aryl methyl sites for hydroxylation is 1. The maximum Gasteiger partial charge on any atom is 0.322 e. The highest BCUT2D eigenvalue weighted by atomic mass is 16.6. The van der Waals surface area contributed by atoms with Crippen molar-refractivity contribution < 1.29 is 9.72 Å². The Labute approximate surface area is 146 Å². The van der Waals surface area contributed by atoms with Crippen LogP contribution in [0.4, 0.5) is 16.2 Å². The Hall–Kier alpha value is -2.89. The maximum atomic E-state index is 12.8. The third kappa shape index (κ3) is 3.47. The van der Waals surface area contributed by atoms with Gasteiger partial charge >= 0.3 is 6.03 Å². The van der Waals surface area contributed by atoms with Crippen molar-refractivity contribution in [2.24, 2.45) is 0 Å². The molecule has 0 bridgehead atoms. The van der Waals surface area contributed by atoms with Crippen molar-refractivity contribution in [2.45, 2.75) is 32.7 Å². The number of likely N-dealkylation sites (tertiary alicyclic amines) is 1. The van der Waals surface area contributed by atoms with Gasteiger partial charge in [0.1, 0.15) is 0 Å². The second-order valence-corrected chi connectivity index (χ2v) is 6.40. The SMILES string of the molecule is Cc1cccc(C2CCCN2C(=O)Nc2cccc([N+](=O)[O-])c2C)c1. The summed E-state index contributed by atoms with van der Waals surface area (Å²) in [4.78, 5) is 25.2. The lowest BCUT2D eigenvalue weighted by Crippen LogP contribution is -2.34. The second-order valence-electron chi connectivity index (χ2n) is 6.40. The quantitative estimate of drug-likeness (QED) is 0.657. The number of amides is 2. The number of anilines is 1. The monoisotopic (exact) mass is 339 g/mol. The number of nitro benzene ring substituents is 1. The highest BCUT2D eigenvalue weighted by molar-refractivity contribution is 5.91. The Bertz CT molecular complexity index is 819. The van der Waals surface area contributed by atoms with E-state index in [1.54, 1.807) is 19.1 Å². The summed E-state index contributed by atoms with van der Waals surface area (Å²) in [6, 6.07) is 12.7. The van der Waals surface area contributed by atoms with E-state index in [0.717, 1.165) is 18.4 Å². The lowest BCUT2D eigenvalue weighted by atomic mass is 10.0. The third-order valence-electron chi connectivity index (χ3n) is 4.68. The van der Waals surface area contributed by atoms with Crippen LogP contribution >= 0.6 is 0 Å². The van der Waals surface area contributed by atoms with E-state index in [1.807, 2.05) is 30.0 Å². The number of nitro groups is 1. The van der Waals surface area contributed by atoms with Gasteiger partial charge in [-0.25, -0.2) is 4.79 Å². The number of nitrogens with zero attached hydrogens (tertiary/aromatic N) is 2. The van der Waals surface area contributed by atoms with Crippen LogP contribution in [0.15, 0.2) is 42.5 Å². The molecule has 1 fully saturated rings. The van der Waals surface area contributed by atoms with Crippen LogP contribution in [-0.2, 0) is 0 Å². The molecule has 0 aliphatic carbocycles. The Morgan fingerprint density at radius 3 is 2.72 bits per heavy atom. The molecule has 1 aliphatic heterocycles. The fourth-order valence-electron chi connectivity index (χ4n) is 3.38. The van der Waals surface area contributed by atoms with Gasteiger partial charge in [-0.1, -0.05) is 35.9 Å². The Kier molecular flexibility index (Phi) is 4.70. The number of benzene rings is 2. The van der Waals surface area contributed by atoms with Crippen molar-refractivity contribution in [1.82, 2.24) is 4.90 Å². The van der Waals surface area contributed by atoms with Crippen LogP contribution in [0.25, 0.3) is 0 Å². The van der Waals surface area contributed by atoms with Crippen molar-refractivity contribution in [1.29, 1.82) is 0 Å².